The lowest BCUT2D eigenvalue weighted by Crippen LogP contribution is -2.56. The average molecular weight is 386 g/mol. The standard InChI is InChI=1S/C23H35N3O2/c1-4-21(27)25-13-15-26(16-14-25)22(19-7-5-6-8-19)23(28)24-20-11-9-18(10-12-20)17(2)3/h9-12,17,19,22H,4-8,13-16H2,1-3H3,(H,24,28). The van der Waals surface area contributed by atoms with Crippen LogP contribution in [-0.4, -0.2) is 53.8 Å². The van der Waals surface area contributed by atoms with Crippen LogP contribution in [0.5, 0.6) is 0 Å². The van der Waals surface area contributed by atoms with Crippen molar-refractivity contribution in [2.24, 2.45) is 5.92 Å². The van der Waals surface area contributed by atoms with Crippen molar-refractivity contribution in [3.8, 4) is 0 Å². The number of amides is 2. The van der Waals surface area contributed by atoms with E-state index in [2.05, 4.69) is 36.2 Å². The first-order chi connectivity index (χ1) is 13.5. The van der Waals surface area contributed by atoms with E-state index in [0.717, 1.165) is 44.7 Å². The molecule has 5 nitrogen and oxygen atoms in total. The van der Waals surface area contributed by atoms with Crippen LogP contribution in [0, 0.1) is 5.92 Å². The number of carbonyl (C=O) groups is 2. The van der Waals surface area contributed by atoms with Crippen LogP contribution in [0.25, 0.3) is 0 Å². The summed E-state index contributed by atoms with van der Waals surface area (Å²) in [5.41, 5.74) is 2.15. The molecule has 3 rings (SSSR count). The van der Waals surface area contributed by atoms with Gasteiger partial charge in [-0.3, -0.25) is 14.5 Å². The van der Waals surface area contributed by atoms with Gasteiger partial charge in [-0.2, -0.15) is 0 Å². The highest BCUT2D eigenvalue weighted by Gasteiger charge is 2.37. The van der Waals surface area contributed by atoms with E-state index < -0.39 is 0 Å². The van der Waals surface area contributed by atoms with Crippen LogP contribution in [0.15, 0.2) is 24.3 Å². The first kappa shape index (κ1) is 20.8. The number of nitrogens with zero attached hydrogens (tertiary/aromatic N) is 2. The molecule has 0 aromatic heterocycles. The Bertz CT molecular complexity index is 657. The van der Waals surface area contributed by atoms with E-state index in [9.17, 15) is 9.59 Å². The fourth-order valence-corrected chi connectivity index (χ4v) is 4.59. The Morgan fingerprint density at radius 2 is 1.64 bits per heavy atom. The molecule has 0 bridgehead atoms. The van der Waals surface area contributed by atoms with Gasteiger partial charge in [0.15, 0.2) is 0 Å². The van der Waals surface area contributed by atoms with E-state index in [1.54, 1.807) is 0 Å². The highest BCUT2D eigenvalue weighted by Crippen LogP contribution is 2.32. The van der Waals surface area contributed by atoms with Crippen molar-refractivity contribution < 1.29 is 9.59 Å². The van der Waals surface area contributed by atoms with Gasteiger partial charge in [-0.25, -0.2) is 0 Å². The van der Waals surface area contributed by atoms with Crippen molar-refractivity contribution >= 4 is 17.5 Å². The van der Waals surface area contributed by atoms with Crippen LogP contribution in [0.4, 0.5) is 5.69 Å². The second kappa shape index (κ2) is 9.55. The molecule has 1 aromatic carbocycles. The highest BCUT2D eigenvalue weighted by molar-refractivity contribution is 5.95. The Hall–Kier alpha value is -1.88. The van der Waals surface area contributed by atoms with Gasteiger partial charge in [0.2, 0.25) is 11.8 Å². The molecule has 0 spiro atoms. The second-order valence-corrected chi connectivity index (χ2v) is 8.53. The van der Waals surface area contributed by atoms with Crippen LogP contribution >= 0.6 is 0 Å². The molecule has 1 N–H and O–H groups in total. The van der Waals surface area contributed by atoms with Gasteiger partial charge in [-0.05, 0) is 42.4 Å². The summed E-state index contributed by atoms with van der Waals surface area (Å²) in [7, 11) is 0. The number of piperazine rings is 1. The van der Waals surface area contributed by atoms with Crippen molar-refractivity contribution in [1.29, 1.82) is 0 Å². The lowest BCUT2D eigenvalue weighted by atomic mass is 9.94. The van der Waals surface area contributed by atoms with Gasteiger partial charge < -0.3 is 10.2 Å². The Kier molecular flexibility index (Phi) is 7.11. The molecule has 1 heterocycles. The quantitative estimate of drug-likeness (QED) is 0.809. The minimum absolute atomic E-state index is 0.0915. The molecule has 2 fully saturated rings. The van der Waals surface area contributed by atoms with E-state index in [-0.39, 0.29) is 17.9 Å². The van der Waals surface area contributed by atoms with Crippen molar-refractivity contribution in [1.82, 2.24) is 9.80 Å². The van der Waals surface area contributed by atoms with Gasteiger partial charge in [-0.1, -0.05) is 45.7 Å². The smallest absolute Gasteiger partial charge is 0.242 e. The molecule has 1 atom stereocenters. The molecule has 5 heteroatoms. The average Bonchev–Trinajstić information content (AvgIpc) is 3.22. The third-order valence-electron chi connectivity index (χ3n) is 6.32. The van der Waals surface area contributed by atoms with Crippen molar-refractivity contribution in [3.05, 3.63) is 29.8 Å². The molecule has 154 valence electrons. The Labute approximate surface area is 169 Å². The van der Waals surface area contributed by atoms with E-state index in [1.165, 1.54) is 18.4 Å². The fourth-order valence-electron chi connectivity index (χ4n) is 4.59. The lowest BCUT2D eigenvalue weighted by Gasteiger charge is -2.40. The van der Waals surface area contributed by atoms with E-state index in [0.29, 0.717) is 18.3 Å². The van der Waals surface area contributed by atoms with Crippen LogP contribution in [-0.2, 0) is 9.59 Å². The summed E-state index contributed by atoms with van der Waals surface area (Å²) < 4.78 is 0. The Morgan fingerprint density at radius 3 is 2.18 bits per heavy atom. The normalized spacial score (nSPS) is 19.8. The summed E-state index contributed by atoms with van der Waals surface area (Å²) in [6.07, 6.45) is 5.23. The van der Waals surface area contributed by atoms with Crippen LogP contribution < -0.4 is 5.32 Å². The minimum atomic E-state index is -0.0915. The third kappa shape index (κ3) is 4.93. The van der Waals surface area contributed by atoms with Crippen molar-refractivity contribution in [2.45, 2.75) is 64.8 Å². The zero-order valence-electron chi connectivity index (χ0n) is 17.6. The number of nitrogens with one attached hydrogen (secondary N) is 1. The summed E-state index contributed by atoms with van der Waals surface area (Å²) in [6.45, 7) is 9.28. The summed E-state index contributed by atoms with van der Waals surface area (Å²) in [5.74, 6) is 1.23. The number of hydrogen-bond donors (Lipinski definition) is 1. The van der Waals surface area contributed by atoms with Gasteiger partial charge in [0.05, 0.1) is 6.04 Å². The topological polar surface area (TPSA) is 52.7 Å². The summed E-state index contributed by atoms with van der Waals surface area (Å²) >= 11 is 0. The molecule has 1 saturated carbocycles. The van der Waals surface area contributed by atoms with Crippen LogP contribution in [0.3, 0.4) is 0 Å². The van der Waals surface area contributed by atoms with Crippen LogP contribution in [0.1, 0.15) is 64.4 Å². The summed E-state index contributed by atoms with van der Waals surface area (Å²) in [4.78, 5) is 29.5. The molecule has 0 radical (unpaired) electrons. The number of anilines is 1. The molecule has 1 unspecified atom stereocenters. The van der Waals surface area contributed by atoms with E-state index in [1.807, 2.05) is 24.0 Å². The number of rotatable bonds is 6. The molecular formula is C23H35N3O2. The second-order valence-electron chi connectivity index (χ2n) is 8.53. The third-order valence-corrected chi connectivity index (χ3v) is 6.32. The molecule has 1 aliphatic heterocycles. The van der Waals surface area contributed by atoms with Gasteiger partial charge >= 0.3 is 0 Å². The van der Waals surface area contributed by atoms with Crippen molar-refractivity contribution in [3.63, 3.8) is 0 Å². The molecule has 2 aliphatic rings. The predicted molar refractivity (Wildman–Crippen MR) is 113 cm³/mol. The zero-order valence-corrected chi connectivity index (χ0v) is 17.6. The fraction of sp³-hybridized carbons (Fsp3) is 0.652. The predicted octanol–water partition coefficient (Wildman–Crippen LogP) is 3.86. The monoisotopic (exact) mass is 385 g/mol. The van der Waals surface area contributed by atoms with E-state index in [4.69, 9.17) is 0 Å². The first-order valence-electron chi connectivity index (χ1n) is 10.9. The maximum Gasteiger partial charge on any atom is 0.242 e. The van der Waals surface area contributed by atoms with Gasteiger partial charge in [0.25, 0.3) is 0 Å². The highest BCUT2D eigenvalue weighted by atomic mass is 16.2. The first-order valence-corrected chi connectivity index (χ1v) is 10.9. The maximum absolute atomic E-state index is 13.3. The Balaban J connectivity index is 1.67. The molecule has 1 aliphatic carbocycles. The number of benzene rings is 1. The zero-order chi connectivity index (χ0) is 20.1. The lowest BCUT2D eigenvalue weighted by molar-refractivity contribution is -0.134. The molecule has 28 heavy (non-hydrogen) atoms. The van der Waals surface area contributed by atoms with Crippen molar-refractivity contribution in [2.75, 3.05) is 31.5 Å². The molecule has 1 aromatic rings. The van der Waals surface area contributed by atoms with Gasteiger partial charge in [0, 0.05) is 38.3 Å². The molecule has 2 amide bonds. The maximum atomic E-state index is 13.3. The summed E-state index contributed by atoms with van der Waals surface area (Å²) in [5, 5.41) is 3.17. The van der Waals surface area contributed by atoms with Gasteiger partial charge in [-0.15, -0.1) is 0 Å². The molecule has 1 saturated heterocycles. The van der Waals surface area contributed by atoms with E-state index >= 15 is 0 Å². The van der Waals surface area contributed by atoms with Crippen LogP contribution in [0.2, 0.25) is 0 Å². The minimum Gasteiger partial charge on any atom is -0.340 e. The van der Waals surface area contributed by atoms with Gasteiger partial charge in [0.1, 0.15) is 0 Å². The Morgan fingerprint density at radius 1 is 1.04 bits per heavy atom. The molecular weight excluding hydrogens is 350 g/mol. The SMILES string of the molecule is CCC(=O)N1CCN(C(C(=O)Nc2ccc(C(C)C)cc2)C2CCCC2)CC1. The number of hydrogen-bond acceptors (Lipinski definition) is 3. The number of carbonyl (C=O) groups excluding carboxylic acids is 2. The summed E-state index contributed by atoms with van der Waals surface area (Å²) in [6, 6.07) is 8.12. The largest absolute Gasteiger partial charge is 0.340 e.